The fourth-order valence-electron chi connectivity index (χ4n) is 0.660. The molecule has 0 saturated heterocycles. The SMILES string of the molecule is COCCOC1CN[C]=N1. The van der Waals surface area contributed by atoms with E-state index in [2.05, 4.69) is 16.6 Å². The molecule has 1 rings (SSSR count). The minimum Gasteiger partial charge on any atom is -0.382 e. The highest BCUT2D eigenvalue weighted by molar-refractivity contribution is 5.56. The monoisotopic (exact) mass is 143 g/mol. The molecule has 4 heteroatoms. The average Bonchev–Trinajstić information content (AvgIpc) is 2.41. The summed E-state index contributed by atoms with van der Waals surface area (Å²) < 4.78 is 10.0. The molecule has 1 aliphatic heterocycles. The second-order valence-electron chi connectivity index (χ2n) is 1.94. The van der Waals surface area contributed by atoms with Gasteiger partial charge in [0.25, 0.3) is 0 Å². The number of nitrogens with zero attached hydrogens (tertiary/aromatic N) is 1. The van der Waals surface area contributed by atoms with Crippen LogP contribution in [0.5, 0.6) is 0 Å². The average molecular weight is 143 g/mol. The number of hydrogen-bond donors (Lipinski definition) is 1. The summed E-state index contributed by atoms with van der Waals surface area (Å²) in [5, 5.41) is 2.82. The molecule has 1 heterocycles. The lowest BCUT2D eigenvalue weighted by molar-refractivity contribution is 0.0283. The summed E-state index contributed by atoms with van der Waals surface area (Å²) in [6, 6.07) is 0. The standard InChI is InChI=1S/C6H11N2O2/c1-9-2-3-10-6-4-7-5-8-6/h6H,2-4H2,1H3,(H,7,8). The molecule has 0 spiro atoms. The second-order valence-corrected chi connectivity index (χ2v) is 1.94. The second kappa shape index (κ2) is 4.24. The molecule has 1 N–H and O–H groups in total. The number of nitrogens with one attached hydrogen (secondary N) is 1. The molecular weight excluding hydrogens is 132 g/mol. The van der Waals surface area contributed by atoms with Crippen molar-refractivity contribution < 1.29 is 9.47 Å². The van der Waals surface area contributed by atoms with Crippen LogP contribution in [0.25, 0.3) is 0 Å². The van der Waals surface area contributed by atoms with E-state index < -0.39 is 0 Å². The van der Waals surface area contributed by atoms with Gasteiger partial charge >= 0.3 is 0 Å². The van der Waals surface area contributed by atoms with E-state index in [0.717, 1.165) is 6.54 Å². The molecule has 1 atom stereocenters. The van der Waals surface area contributed by atoms with Crippen molar-refractivity contribution in [1.29, 1.82) is 0 Å². The van der Waals surface area contributed by atoms with Crippen molar-refractivity contribution in [1.82, 2.24) is 5.32 Å². The van der Waals surface area contributed by atoms with Gasteiger partial charge in [0, 0.05) is 7.11 Å². The molecule has 0 aromatic carbocycles. The normalized spacial score (nSPS) is 23.1. The van der Waals surface area contributed by atoms with Crippen LogP contribution in [-0.4, -0.2) is 39.4 Å². The van der Waals surface area contributed by atoms with Crippen LogP contribution in [-0.2, 0) is 9.47 Å². The Bertz CT molecular complexity index is 116. The topological polar surface area (TPSA) is 42.9 Å². The maximum absolute atomic E-state index is 5.23. The van der Waals surface area contributed by atoms with Crippen LogP contribution in [0, 0.1) is 0 Å². The number of rotatable bonds is 4. The van der Waals surface area contributed by atoms with Gasteiger partial charge in [0.2, 0.25) is 0 Å². The van der Waals surface area contributed by atoms with Gasteiger partial charge in [-0.15, -0.1) is 0 Å². The van der Waals surface area contributed by atoms with Crippen molar-refractivity contribution >= 4 is 6.34 Å². The largest absolute Gasteiger partial charge is 0.382 e. The van der Waals surface area contributed by atoms with Crippen molar-refractivity contribution in [3.05, 3.63) is 0 Å². The molecule has 4 nitrogen and oxygen atoms in total. The summed E-state index contributed by atoms with van der Waals surface area (Å²) in [5.74, 6) is 0. The zero-order chi connectivity index (χ0) is 7.23. The fourth-order valence-corrected chi connectivity index (χ4v) is 0.660. The van der Waals surface area contributed by atoms with Crippen molar-refractivity contribution in [2.75, 3.05) is 26.9 Å². The van der Waals surface area contributed by atoms with Gasteiger partial charge in [-0.25, -0.2) is 4.99 Å². The molecule has 0 aromatic rings. The van der Waals surface area contributed by atoms with E-state index in [1.54, 1.807) is 7.11 Å². The quantitative estimate of drug-likeness (QED) is 0.539. The molecular formula is C6H11N2O2. The van der Waals surface area contributed by atoms with E-state index in [1.807, 2.05) is 0 Å². The fraction of sp³-hybridized carbons (Fsp3) is 0.833. The summed E-state index contributed by atoms with van der Waals surface area (Å²) >= 11 is 0. The number of hydrogen-bond acceptors (Lipinski definition) is 4. The van der Waals surface area contributed by atoms with Gasteiger partial charge in [-0.1, -0.05) is 0 Å². The van der Waals surface area contributed by atoms with Gasteiger partial charge < -0.3 is 14.8 Å². The van der Waals surface area contributed by atoms with Crippen LogP contribution in [0.4, 0.5) is 0 Å². The minimum atomic E-state index is -0.0600. The summed E-state index contributed by atoms with van der Waals surface area (Å²) in [6.07, 6.45) is 2.55. The minimum absolute atomic E-state index is 0.0600. The van der Waals surface area contributed by atoms with Crippen molar-refractivity contribution in [2.45, 2.75) is 6.23 Å². The van der Waals surface area contributed by atoms with Gasteiger partial charge in [-0.05, 0) is 0 Å². The molecule has 10 heavy (non-hydrogen) atoms. The zero-order valence-electron chi connectivity index (χ0n) is 5.96. The van der Waals surface area contributed by atoms with Gasteiger partial charge in [0.05, 0.1) is 19.8 Å². The molecule has 1 aliphatic rings. The lowest BCUT2D eigenvalue weighted by Gasteiger charge is -2.06. The lowest BCUT2D eigenvalue weighted by atomic mass is 10.6. The number of methoxy groups -OCH3 is 1. The Labute approximate surface area is 60.2 Å². The highest BCUT2D eigenvalue weighted by atomic mass is 16.5. The summed E-state index contributed by atoms with van der Waals surface area (Å²) in [4.78, 5) is 3.87. The van der Waals surface area contributed by atoms with E-state index in [-0.39, 0.29) is 6.23 Å². The third kappa shape index (κ3) is 2.33. The molecule has 0 amide bonds. The summed E-state index contributed by atoms with van der Waals surface area (Å²) in [5.41, 5.74) is 0. The molecule has 0 bridgehead atoms. The van der Waals surface area contributed by atoms with E-state index in [0.29, 0.717) is 13.2 Å². The molecule has 1 unspecified atom stereocenters. The number of aliphatic imine (C=N–C) groups is 1. The van der Waals surface area contributed by atoms with E-state index >= 15 is 0 Å². The van der Waals surface area contributed by atoms with Gasteiger partial charge in [0.1, 0.15) is 0 Å². The summed E-state index contributed by atoms with van der Waals surface area (Å²) in [7, 11) is 1.64. The van der Waals surface area contributed by atoms with Crippen LogP contribution in [0.15, 0.2) is 4.99 Å². The zero-order valence-corrected chi connectivity index (χ0v) is 5.96. The Morgan fingerprint density at radius 2 is 2.60 bits per heavy atom. The van der Waals surface area contributed by atoms with Crippen LogP contribution in [0.2, 0.25) is 0 Å². The predicted molar refractivity (Wildman–Crippen MR) is 37.1 cm³/mol. The Balaban J connectivity index is 1.97. The van der Waals surface area contributed by atoms with Crippen molar-refractivity contribution in [3.63, 3.8) is 0 Å². The lowest BCUT2D eigenvalue weighted by Crippen LogP contribution is -2.20. The van der Waals surface area contributed by atoms with Crippen molar-refractivity contribution in [3.8, 4) is 0 Å². The highest BCUT2D eigenvalue weighted by Crippen LogP contribution is 1.94. The maximum Gasteiger partial charge on any atom is 0.167 e. The Morgan fingerprint density at radius 1 is 1.70 bits per heavy atom. The Kier molecular flexibility index (Phi) is 3.18. The van der Waals surface area contributed by atoms with Crippen LogP contribution in [0.3, 0.4) is 0 Å². The predicted octanol–water partition coefficient (Wildman–Crippen LogP) is -0.516. The van der Waals surface area contributed by atoms with E-state index in [1.165, 1.54) is 0 Å². The van der Waals surface area contributed by atoms with E-state index in [9.17, 15) is 0 Å². The van der Waals surface area contributed by atoms with Crippen LogP contribution < -0.4 is 5.32 Å². The first-order chi connectivity index (χ1) is 4.93. The molecule has 57 valence electrons. The smallest absolute Gasteiger partial charge is 0.167 e. The van der Waals surface area contributed by atoms with Gasteiger partial charge in [-0.3, -0.25) is 0 Å². The maximum atomic E-state index is 5.23. The number of ether oxygens (including phenoxy) is 2. The first-order valence-corrected chi connectivity index (χ1v) is 3.21. The third-order valence-corrected chi connectivity index (χ3v) is 1.16. The van der Waals surface area contributed by atoms with Crippen molar-refractivity contribution in [2.24, 2.45) is 4.99 Å². The first-order valence-electron chi connectivity index (χ1n) is 3.21. The van der Waals surface area contributed by atoms with Gasteiger partial charge in [0.15, 0.2) is 12.6 Å². The first kappa shape index (κ1) is 7.50. The Morgan fingerprint density at radius 3 is 3.20 bits per heavy atom. The molecule has 0 saturated carbocycles. The van der Waals surface area contributed by atoms with Crippen LogP contribution >= 0.6 is 0 Å². The van der Waals surface area contributed by atoms with Crippen LogP contribution in [0.1, 0.15) is 0 Å². The van der Waals surface area contributed by atoms with E-state index in [4.69, 9.17) is 9.47 Å². The van der Waals surface area contributed by atoms with Gasteiger partial charge in [-0.2, -0.15) is 0 Å². The molecule has 0 fully saturated rings. The third-order valence-electron chi connectivity index (χ3n) is 1.16. The molecule has 1 radical (unpaired) electrons. The molecule has 0 aliphatic carbocycles. The Hall–Kier alpha value is -0.610. The summed E-state index contributed by atoms with van der Waals surface area (Å²) in [6.45, 7) is 1.93. The molecule has 0 aromatic heterocycles. The highest BCUT2D eigenvalue weighted by Gasteiger charge is 2.08.